The number of hydrogen-bond acceptors (Lipinski definition) is 5. The molecule has 2 aromatic rings. The molecule has 1 N–H and O–H groups in total. The van der Waals surface area contributed by atoms with Gasteiger partial charge in [-0.05, 0) is 25.0 Å². The molecule has 0 atom stereocenters. The van der Waals surface area contributed by atoms with Gasteiger partial charge in [0.2, 0.25) is 10.0 Å². The van der Waals surface area contributed by atoms with Crippen LogP contribution in [-0.2, 0) is 16.2 Å². The first-order valence-corrected chi connectivity index (χ1v) is 9.72. The molecule has 0 unspecified atom stereocenters. The van der Waals surface area contributed by atoms with Gasteiger partial charge in [-0.2, -0.15) is 13.2 Å². The van der Waals surface area contributed by atoms with Crippen LogP contribution in [0.2, 0.25) is 0 Å². The first kappa shape index (κ1) is 17.4. The molecule has 0 saturated heterocycles. The number of nitrogens with one attached hydrogen (secondary N) is 1. The van der Waals surface area contributed by atoms with E-state index in [0.717, 1.165) is 49.5 Å². The Morgan fingerprint density at radius 2 is 1.92 bits per heavy atom. The van der Waals surface area contributed by atoms with Crippen LogP contribution in [-0.4, -0.2) is 19.6 Å². The topological polar surface area (TPSA) is 72.2 Å². The van der Waals surface area contributed by atoms with Crippen molar-refractivity contribution in [2.45, 2.75) is 48.5 Å². The van der Waals surface area contributed by atoms with E-state index < -0.39 is 21.9 Å². The van der Waals surface area contributed by atoms with Gasteiger partial charge in [0.15, 0.2) is 11.5 Å². The highest BCUT2D eigenvalue weighted by molar-refractivity contribution is 7.91. The average molecular weight is 380 g/mol. The maximum atomic E-state index is 12.5. The molecule has 0 amide bonds. The van der Waals surface area contributed by atoms with Gasteiger partial charge < -0.3 is 4.52 Å². The van der Waals surface area contributed by atoms with Crippen LogP contribution >= 0.6 is 11.3 Å². The highest BCUT2D eigenvalue weighted by atomic mass is 32.2. The summed E-state index contributed by atoms with van der Waals surface area (Å²) < 4.78 is 69.8. The molecule has 1 saturated carbocycles. The van der Waals surface area contributed by atoms with Crippen molar-refractivity contribution in [1.29, 1.82) is 0 Å². The number of rotatable bonds is 4. The van der Waals surface area contributed by atoms with Crippen molar-refractivity contribution >= 4 is 21.4 Å². The molecule has 5 nitrogen and oxygen atoms in total. The summed E-state index contributed by atoms with van der Waals surface area (Å²) in [5, 5.41) is 2.97. The minimum atomic E-state index is -4.60. The Labute approximate surface area is 140 Å². The van der Waals surface area contributed by atoms with Crippen LogP contribution in [0.4, 0.5) is 13.2 Å². The van der Waals surface area contributed by atoms with Gasteiger partial charge in [-0.25, -0.2) is 13.1 Å². The van der Waals surface area contributed by atoms with Crippen molar-refractivity contribution in [2.75, 3.05) is 0 Å². The molecule has 24 heavy (non-hydrogen) atoms. The zero-order valence-corrected chi connectivity index (χ0v) is 14.1. The number of sulfonamides is 1. The Kier molecular flexibility index (Phi) is 4.71. The van der Waals surface area contributed by atoms with E-state index in [-0.39, 0.29) is 20.9 Å². The van der Waals surface area contributed by atoms with Gasteiger partial charge in [-0.1, -0.05) is 24.4 Å². The molecule has 0 spiro atoms. The molecule has 2 heterocycles. The van der Waals surface area contributed by atoms with Crippen molar-refractivity contribution in [1.82, 2.24) is 9.88 Å². The number of thiophene rings is 1. The summed E-state index contributed by atoms with van der Waals surface area (Å²) in [6, 6.07) is 3.45. The van der Waals surface area contributed by atoms with Gasteiger partial charge >= 0.3 is 6.18 Å². The summed E-state index contributed by atoms with van der Waals surface area (Å²) in [7, 11) is -3.68. The lowest BCUT2D eigenvalue weighted by atomic mass is 9.96. The summed E-state index contributed by atoms with van der Waals surface area (Å²) in [6.07, 6.45) is 0.0796. The summed E-state index contributed by atoms with van der Waals surface area (Å²) in [5.74, 6) is -0.105. The van der Waals surface area contributed by atoms with Crippen molar-refractivity contribution in [3.8, 4) is 10.6 Å². The number of hydrogen-bond donors (Lipinski definition) is 1. The summed E-state index contributed by atoms with van der Waals surface area (Å²) in [4.78, 5) is 0.280. The molecule has 1 aliphatic carbocycles. The SMILES string of the molecule is O=S(=O)(NC1CCCCC1)c1ccc(-c2cc(C(F)(F)F)no2)s1. The van der Waals surface area contributed by atoms with Crippen LogP contribution in [0.1, 0.15) is 37.8 Å². The molecule has 1 fully saturated rings. The zero-order chi connectivity index (χ0) is 17.4. The third kappa shape index (κ3) is 3.81. The van der Waals surface area contributed by atoms with Crippen LogP contribution < -0.4 is 4.72 Å². The smallest absolute Gasteiger partial charge is 0.355 e. The molecule has 2 aromatic heterocycles. The van der Waals surface area contributed by atoms with Gasteiger partial charge in [0.05, 0.1) is 4.88 Å². The normalized spacial score (nSPS) is 17.3. The van der Waals surface area contributed by atoms with Crippen molar-refractivity contribution in [3.05, 3.63) is 23.9 Å². The second-order valence-corrected chi connectivity index (χ2v) is 8.67. The molecule has 3 rings (SSSR count). The first-order chi connectivity index (χ1) is 11.3. The standard InChI is InChI=1S/C14H15F3N2O3S2/c15-14(16,17)12-8-10(22-18-12)11-6-7-13(23-11)24(20,21)19-9-4-2-1-3-5-9/h6-9,19H,1-5H2. The monoisotopic (exact) mass is 380 g/mol. The molecule has 1 aliphatic rings. The number of nitrogens with zero attached hydrogens (tertiary/aromatic N) is 1. The van der Waals surface area contributed by atoms with Gasteiger partial charge in [0.1, 0.15) is 4.21 Å². The lowest BCUT2D eigenvalue weighted by Gasteiger charge is -2.22. The highest BCUT2D eigenvalue weighted by Gasteiger charge is 2.35. The van der Waals surface area contributed by atoms with E-state index in [9.17, 15) is 21.6 Å². The van der Waals surface area contributed by atoms with E-state index in [4.69, 9.17) is 0 Å². The minimum absolute atomic E-state index is 0.0491. The van der Waals surface area contributed by atoms with Crippen LogP contribution in [0.5, 0.6) is 0 Å². The van der Waals surface area contributed by atoms with Crippen LogP contribution in [0, 0.1) is 0 Å². The predicted molar refractivity (Wildman–Crippen MR) is 82.0 cm³/mol. The Balaban J connectivity index is 1.78. The fraction of sp³-hybridized carbons (Fsp3) is 0.500. The maximum Gasteiger partial charge on any atom is 0.436 e. The van der Waals surface area contributed by atoms with E-state index in [2.05, 4.69) is 14.4 Å². The van der Waals surface area contributed by atoms with E-state index in [1.807, 2.05) is 0 Å². The zero-order valence-electron chi connectivity index (χ0n) is 12.5. The largest absolute Gasteiger partial charge is 0.436 e. The Morgan fingerprint density at radius 1 is 1.21 bits per heavy atom. The average Bonchev–Trinajstić information content (AvgIpc) is 3.17. The van der Waals surface area contributed by atoms with Crippen LogP contribution in [0.3, 0.4) is 0 Å². The second kappa shape index (κ2) is 6.49. The molecular weight excluding hydrogens is 365 g/mol. The lowest BCUT2D eigenvalue weighted by Crippen LogP contribution is -2.35. The number of aromatic nitrogens is 1. The summed E-state index contributed by atoms with van der Waals surface area (Å²) in [5.41, 5.74) is -1.14. The lowest BCUT2D eigenvalue weighted by molar-refractivity contribution is -0.142. The molecule has 0 aliphatic heterocycles. The fourth-order valence-electron chi connectivity index (χ4n) is 2.62. The quantitative estimate of drug-likeness (QED) is 0.869. The second-order valence-electron chi connectivity index (χ2n) is 5.65. The Bertz CT molecular complexity index is 805. The number of halogens is 3. The third-order valence-electron chi connectivity index (χ3n) is 3.82. The fourth-order valence-corrected chi connectivity index (χ4v) is 5.20. The molecule has 10 heteroatoms. The summed E-state index contributed by atoms with van der Waals surface area (Å²) >= 11 is 0.854. The summed E-state index contributed by atoms with van der Waals surface area (Å²) in [6.45, 7) is 0. The van der Waals surface area contributed by atoms with Gasteiger partial charge in [0, 0.05) is 12.1 Å². The maximum absolute atomic E-state index is 12.5. The molecule has 0 aromatic carbocycles. The third-order valence-corrected chi connectivity index (χ3v) is 6.93. The predicted octanol–water partition coefficient (Wildman–Crippen LogP) is 4.03. The van der Waals surface area contributed by atoms with E-state index in [1.165, 1.54) is 12.1 Å². The molecule has 132 valence electrons. The molecule has 0 bridgehead atoms. The molecular formula is C14H15F3N2O3S2. The van der Waals surface area contributed by atoms with Gasteiger partial charge in [0.25, 0.3) is 0 Å². The van der Waals surface area contributed by atoms with E-state index in [0.29, 0.717) is 0 Å². The van der Waals surface area contributed by atoms with Gasteiger partial charge in [-0.3, -0.25) is 0 Å². The molecule has 0 radical (unpaired) electrons. The van der Waals surface area contributed by atoms with Crippen molar-refractivity contribution < 1.29 is 26.1 Å². The van der Waals surface area contributed by atoms with Gasteiger partial charge in [-0.15, -0.1) is 11.3 Å². The highest BCUT2D eigenvalue weighted by Crippen LogP contribution is 2.35. The minimum Gasteiger partial charge on any atom is -0.355 e. The number of alkyl halides is 3. The van der Waals surface area contributed by atoms with Crippen molar-refractivity contribution in [2.24, 2.45) is 0 Å². The van der Waals surface area contributed by atoms with E-state index >= 15 is 0 Å². The Morgan fingerprint density at radius 3 is 2.54 bits per heavy atom. The Hall–Kier alpha value is -1.39. The van der Waals surface area contributed by atoms with Crippen molar-refractivity contribution in [3.63, 3.8) is 0 Å². The van der Waals surface area contributed by atoms with E-state index in [1.54, 1.807) is 0 Å². The first-order valence-electron chi connectivity index (χ1n) is 7.42. The van der Waals surface area contributed by atoms with Crippen LogP contribution in [0.15, 0.2) is 26.9 Å². The van der Waals surface area contributed by atoms with Crippen LogP contribution in [0.25, 0.3) is 10.6 Å².